The number of para-hydroxylation sites is 1. The molecule has 27 heavy (non-hydrogen) atoms. The van der Waals surface area contributed by atoms with Gasteiger partial charge in [0.25, 0.3) is 5.56 Å². The summed E-state index contributed by atoms with van der Waals surface area (Å²) in [6.45, 7) is 8.46. The van der Waals surface area contributed by atoms with Crippen LogP contribution in [0.5, 0.6) is 0 Å². The smallest absolute Gasteiger partial charge is 0.270 e. The van der Waals surface area contributed by atoms with Gasteiger partial charge in [-0.05, 0) is 31.4 Å². The van der Waals surface area contributed by atoms with Crippen molar-refractivity contribution in [2.24, 2.45) is 5.92 Å². The molecule has 0 saturated carbocycles. The van der Waals surface area contributed by atoms with Crippen molar-refractivity contribution in [3.05, 3.63) is 45.7 Å². The number of fused-ring (bicyclic) bond motifs is 4. The number of hydrogen-bond donors (Lipinski definition) is 2. The topological polar surface area (TPSA) is 87.2 Å². The molecule has 142 valence electrons. The van der Waals surface area contributed by atoms with E-state index in [-0.39, 0.29) is 35.8 Å². The van der Waals surface area contributed by atoms with Gasteiger partial charge in [0.05, 0.1) is 12.0 Å². The van der Waals surface area contributed by atoms with Gasteiger partial charge in [0, 0.05) is 18.3 Å². The Labute approximate surface area is 157 Å². The molecule has 7 nitrogen and oxygen atoms in total. The van der Waals surface area contributed by atoms with E-state index in [2.05, 4.69) is 10.4 Å². The van der Waals surface area contributed by atoms with Crippen molar-refractivity contribution in [1.82, 2.24) is 9.78 Å². The van der Waals surface area contributed by atoms with Crippen LogP contribution in [0.2, 0.25) is 0 Å². The summed E-state index contributed by atoms with van der Waals surface area (Å²) >= 11 is 0. The maximum atomic E-state index is 13.7. The molecule has 0 bridgehead atoms. The number of benzene rings is 1. The molecule has 1 unspecified atom stereocenters. The summed E-state index contributed by atoms with van der Waals surface area (Å²) in [5.41, 5.74) is 0.275. The lowest BCUT2D eigenvalue weighted by molar-refractivity contribution is -0.126. The summed E-state index contributed by atoms with van der Waals surface area (Å²) in [4.78, 5) is 41.0. The number of nitrogens with zero attached hydrogens (tertiary/aromatic N) is 2. The van der Waals surface area contributed by atoms with Crippen molar-refractivity contribution in [2.75, 3.05) is 16.8 Å². The van der Waals surface area contributed by atoms with Gasteiger partial charge < -0.3 is 10.2 Å². The lowest BCUT2D eigenvalue weighted by Crippen LogP contribution is -2.49. The molecule has 4 rings (SSSR count). The number of nitrogens with one attached hydrogen (secondary N) is 2. The van der Waals surface area contributed by atoms with Gasteiger partial charge in [0.1, 0.15) is 11.2 Å². The molecular formula is C20H24N4O3. The molecular weight excluding hydrogens is 344 g/mol. The van der Waals surface area contributed by atoms with Crippen LogP contribution in [0.1, 0.15) is 51.3 Å². The number of H-pyrrole nitrogens is 1. The third-order valence-corrected chi connectivity index (χ3v) is 5.37. The molecule has 7 heteroatoms. The minimum atomic E-state index is -1.27. The molecule has 3 heterocycles. The number of aromatic amines is 1. The zero-order valence-electron chi connectivity index (χ0n) is 16.0. The van der Waals surface area contributed by atoms with Crippen LogP contribution in [0.3, 0.4) is 0 Å². The number of carbonyl (C=O) groups excluding carboxylic acids is 2. The number of carbonyl (C=O) groups is 2. The van der Waals surface area contributed by atoms with Crippen molar-refractivity contribution in [3.8, 4) is 0 Å². The van der Waals surface area contributed by atoms with Crippen LogP contribution in [-0.4, -0.2) is 28.1 Å². The molecule has 2 N–H and O–H groups in total. The summed E-state index contributed by atoms with van der Waals surface area (Å²) in [5.74, 6) is 0.208. The van der Waals surface area contributed by atoms with Crippen molar-refractivity contribution in [3.63, 3.8) is 0 Å². The highest BCUT2D eigenvalue weighted by molar-refractivity contribution is 6.15. The lowest BCUT2D eigenvalue weighted by Gasteiger charge is -2.32. The molecule has 2 aromatic rings. The van der Waals surface area contributed by atoms with E-state index < -0.39 is 5.41 Å². The van der Waals surface area contributed by atoms with Gasteiger partial charge in [-0.1, -0.05) is 32.0 Å². The minimum Gasteiger partial charge on any atom is -0.311 e. The second kappa shape index (κ2) is 5.84. The molecule has 0 aliphatic carbocycles. The van der Waals surface area contributed by atoms with E-state index in [4.69, 9.17) is 0 Å². The molecule has 1 aromatic carbocycles. The first-order chi connectivity index (χ1) is 12.8. The molecule has 0 radical (unpaired) electrons. The van der Waals surface area contributed by atoms with Crippen LogP contribution in [0.15, 0.2) is 29.1 Å². The normalized spacial score (nSPS) is 21.2. The summed E-state index contributed by atoms with van der Waals surface area (Å²) < 4.78 is 1.64. The van der Waals surface area contributed by atoms with Crippen molar-refractivity contribution in [1.29, 1.82) is 0 Å². The van der Waals surface area contributed by atoms with Crippen molar-refractivity contribution >= 4 is 23.3 Å². The Morgan fingerprint density at radius 3 is 2.48 bits per heavy atom. The third kappa shape index (κ3) is 2.30. The Kier molecular flexibility index (Phi) is 3.80. The minimum absolute atomic E-state index is 0.0598. The number of rotatable bonds is 3. The molecule has 1 atom stereocenters. The Morgan fingerprint density at radius 1 is 1.11 bits per heavy atom. The van der Waals surface area contributed by atoms with Crippen LogP contribution < -0.4 is 15.8 Å². The molecule has 2 aliphatic heterocycles. The van der Waals surface area contributed by atoms with Gasteiger partial charge in [-0.25, -0.2) is 0 Å². The first-order valence-electron chi connectivity index (χ1n) is 9.33. The first kappa shape index (κ1) is 17.6. The summed E-state index contributed by atoms with van der Waals surface area (Å²) in [6.07, 6.45) is -0.0599. The van der Waals surface area contributed by atoms with E-state index in [1.54, 1.807) is 9.58 Å². The number of hydrogen-bond acceptors (Lipinski definition) is 3. The molecule has 0 fully saturated rings. The van der Waals surface area contributed by atoms with E-state index in [9.17, 15) is 14.4 Å². The Hall–Kier alpha value is -2.83. The largest absolute Gasteiger partial charge is 0.311 e. The number of amides is 2. The fourth-order valence-electron chi connectivity index (χ4n) is 4.34. The highest BCUT2D eigenvalue weighted by Crippen LogP contribution is 2.51. The highest BCUT2D eigenvalue weighted by atomic mass is 16.2. The molecule has 1 spiro atoms. The second-order valence-corrected chi connectivity index (χ2v) is 8.09. The Bertz CT molecular complexity index is 1000. The number of anilines is 2. The van der Waals surface area contributed by atoms with E-state index >= 15 is 0 Å². The molecule has 2 amide bonds. The van der Waals surface area contributed by atoms with E-state index in [1.807, 2.05) is 52.0 Å². The van der Waals surface area contributed by atoms with E-state index in [0.29, 0.717) is 17.9 Å². The summed E-state index contributed by atoms with van der Waals surface area (Å²) in [5, 5.41) is 5.62. The molecule has 2 aliphatic rings. The standard InChI is InChI=1S/C20H24N4O3/c1-11(2)10-23-14-8-6-5-7-13(14)20(19(23)27)9-15(25)21-17-16(20)18(26)22-24(17)12(3)4/h5-8,11-12H,9-10H2,1-4H3,(H,21,25)(H,22,26). The number of aromatic nitrogens is 2. The zero-order chi connectivity index (χ0) is 19.5. The van der Waals surface area contributed by atoms with Crippen molar-refractivity contribution in [2.45, 2.75) is 45.6 Å². The van der Waals surface area contributed by atoms with Crippen LogP contribution in [-0.2, 0) is 15.0 Å². The van der Waals surface area contributed by atoms with Crippen molar-refractivity contribution < 1.29 is 9.59 Å². The van der Waals surface area contributed by atoms with Gasteiger partial charge in [-0.3, -0.25) is 24.2 Å². The average Bonchev–Trinajstić information content (AvgIpc) is 3.04. The van der Waals surface area contributed by atoms with Gasteiger partial charge in [0.15, 0.2) is 0 Å². The predicted molar refractivity (Wildman–Crippen MR) is 103 cm³/mol. The Balaban J connectivity index is 2.03. The Morgan fingerprint density at radius 2 is 1.81 bits per heavy atom. The van der Waals surface area contributed by atoms with Gasteiger partial charge in [0.2, 0.25) is 11.8 Å². The molecule has 1 aromatic heterocycles. The lowest BCUT2D eigenvalue weighted by atomic mass is 9.71. The van der Waals surface area contributed by atoms with Crippen LogP contribution in [0.4, 0.5) is 11.5 Å². The second-order valence-electron chi connectivity index (χ2n) is 8.09. The predicted octanol–water partition coefficient (Wildman–Crippen LogP) is 2.39. The molecule has 0 saturated heterocycles. The van der Waals surface area contributed by atoms with Gasteiger partial charge in [-0.2, -0.15) is 0 Å². The van der Waals surface area contributed by atoms with Crippen LogP contribution in [0.25, 0.3) is 0 Å². The van der Waals surface area contributed by atoms with E-state index in [0.717, 1.165) is 11.3 Å². The third-order valence-electron chi connectivity index (χ3n) is 5.37. The van der Waals surface area contributed by atoms with Gasteiger partial charge in [-0.15, -0.1) is 0 Å². The SMILES string of the molecule is CC(C)CN1C(=O)C2(CC(=O)Nc3c2c(=O)[nH]n3C(C)C)c2ccccc21. The van der Waals surface area contributed by atoms with E-state index in [1.165, 1.54) is 0 Å². The first-order valence-corrected chi connectivity index (χ1v) is 9.33. The summed E-state index contributed by atoms with van der Waals surface area (Å²) in [7, 11) is 0. The van der Waals surface area contributed by atoms with Crippen LogP contribution in [0, 0.1) is 5.92 Å². The fourth-order valence-corrected chi connectivity index (χ4v) is 4.34. The zero-order valence-corrected chi connectivity index (χ0v) is 16.0. The monoisotopic (exact) mass is 368 g/mol. The quantitative estimate of drug-likeness (QED) is 0.872. The summed E-state index contributed by atoms with van der Waals surface area (Å²) in [6, 6.07) is 7.43. The maximum absolute atomic E-state index is 13.7. The van der Waals surface area contributed by atoms with Crippen LogP contribution >= 0.6 is 0 Å². The van der Waals surface area contributed by atoms with Gasteiger partial charge >= 0.3 is 0 Å². The fraction of sp³-hybridized carbons (Fsp3) is 0.450. The highest BCUT2D eigenvalue weighted by Gasteiger charge is 2.58. The average molecular weight is 368 g/mol. The maximum Gasteiger partial charge on any atom is 0.270 e.